The van der Waals surface area contributed by atoms with E-state index in [0.717, 1.165) is 24.9 Å². The molecular formula is C14H23NO. The summed E-state index contributed by atoms with van der Waals surface area (Å²) in [5.41, 5.74) is 0.114. The number of allylic oxidation sites excluding steroid dienone is 2. The predicted molar refractivity (Wildman–Crippen MR) is 66.0 cm³/mol. The van der Waals surface area contributed by atoms with Crippen LogP contribution >= 0.6 is 0 Å². The second-order valence-corrected chi connectivity index (χ2v) is 6.50. The van der Waals surface area contributed by atoms with Crippen LogP contribution in [0.2, 0.25) is 0 Å². The van der Waals surface area contributed by atoms with Crippen molar-refractivity contribution < 1.29 is 4.79 Å². The fourth-order valence-corrected chi connectivity index (χ4v) is 2.78. The van der Waals surface area contributed by atoms with Crippen LogP contribution in [-0.4, -0.2) is 23.9 Å². The molecule has 1 amide bonds. The third-order valence-corrected chi connectivity index (χ3v) is 3.66. The molecule has 0 aromatic heterocycles. The van der Waals surface area contributed by atoms with E-state index in [-0.39, 0.29) is 5.41 Å². The minimum absolute atomic E-state index is 0.114. The lowest BCUT2D eigenvalue weighted by atomic mass is 9.86. The summed E-state index contributed by atoms with van der Waals surface area (Å²) >= 11 is 0. The lowest BCUT2D eigenvalue weighted by Crippen LogP contribution is -2.31. The fraction of sp³-hybridized carbons (Fsp3) is 0.786. The molecule has 0 aromatic carbocycles. The Morgan fingerprint density at radius 2 is 1.69 bits per heavy atom. The van der Waals surface area contributed by atoms with Gasteiger partial charge in [0.1, 0.15) is 0 Å². The molecule has 2 atom stereocenters. The van der Waals surface area contributed by atoms with Crippen molar-refractivity contribution in [2.45, 2.75) is 40.0 Å². The number of likely N-dealkylation sites (tertiary alicyclic amines) is 1. The summed E-state index contributed by atoms with van der Waals surface area (Å²) in [5, 5.41) is 0. The Hall–Kier alpha value is -0.790. The van der Waals surface area contributed by atoms with Gasteiger partial charge in [-0.1, -0.05) is 32.9 Å². The highest BCUT2D eigenvalue weighted by atomic mass is 16.2. The number of hydrogen-bond donors (Lipinski definition) is 0. The SMILES string of the molecule is CC(C)(C)CC(=O)N1C[C@H]2CC=CC[C@H]2C1. The van der Waals surface area contributed by atoms with Crippen LogP contribution in [0, 0.1) is 17.3 Å². The third kappa shape index (κ3) is 2.66. The van der Waals surface area contributed by atoms with Crippen LogP contribution in [0.5, 0.6) is 0 Å². The van der Waals surface area contributed by atoms with Gasteiger partial charge in [-0.05, 0) is 30.1 Å². The Morgan fingerprint density at radius 1 is 1.19 bits per heavy atom. The zero-order chi connectivity index (χ0) is 11.8. The zero-order valence-corrected chi connectivity index (χ0v) is 10.7. The second-order valence-electron chi connectivity index (χ2n) is 6.50. The van der Waals surface area contributed by atoms with Crippen LogP contribution in [0.25, 0.3) is 0 Å². The standard InChI is InChI=1S/C14H23NO/c1-14(2,3)8-13(16)15-9-11-6-4-5-7-12(11)10-15/h4-5,11-12H,6-10H2,1-3H3/t11-,12+. The Balaban J connectivity index is 1.91. The van der Waals surface area contributed by atoms with Gasteiger partial charge in [0.15, 0.2) is 0 Å². The van der Waals surface area contributed by atoms with Crippen molar-refractivity contribution in [2.75, 3.05) is 13.1 Å². The van der Waals surface area contributed by atoms with E-state index in [9.17, 15) is 4.79 Å². The summed E-state index contributed by atoms with van der Waals surface area (Å²) in [7, 11) is 0. The van der Waals surface area contributed by atoms with Crippen LogP contribution in [-0.2, 0) is 4.79 Å². The first-order chi connectivity index (χ1) is 7.46. The molecule has 2 heteroatoms. The monoisotopic (exact) mass is 221 g/mol. The number of hydrogen-bond acceptors (Lipinski definition) is 1. The van der Waals surface area contributed by atoms with E-state index in [2.05, 4.69) is 37.8 Å². The van der Waals surface area contributed by atoms with E-state index >= 15 is 0 Å². The molecule has 0 unspecified atom stereocenters. The molecule has 1 fully saturated rings. The van der Waals surface area contributed by atoms with Crippen LogP contribution in [0.1, 0.15) is 40.0 Å². The smallest absolute Gasteiger partial charge is 0.223 e. The molecule has 1 aliphatic heterocycles. The molecule has 2 rings (SSSR count). The van der Waals surface area contributed by atoms with Crippen molar-refractivity contribution in [1.82, 2.24) is 4.90 Å². The fourth-order valence-electron chi connectivity index (χ4n) is 2.78. The quantitative estimate of drug-likeness (QED) is 0.623. The number of carbonyl (C=O) groups excluding carboxylic acids is 1. The minimum atomic E-state index is 0.114. The van der Waals surface area contributed by atoms with E-state index in [1.807, 2.05) is 0 Å². The highest BCUT2D eigenvalue weighted by Crippen LogP contribution is 2.33. The molecule has 1 aliphatic carbocycles. The predicted octanol–water partition coefficient (Wildman–Crippen LogP) is 2.85. The summed E-state index contributed by atoms with van der Waals surface area (Å²) in [6.07, 6.45) is 7.57. The molecule has 0 spiro atoms. The van der Waals surface area contributed by atoms with Gasteiger partial charge in [0.05, 0.1) is 0 Å². The summed E-state index contributed by atoms with van der Waals surface area (Å²) in [4.78, 5) is 14.2. The molecule has 90 valence electrons. The maximum Gasteiger partial charge on any atom is 0.223 e. The molecular weight excluding hydrogens is 198 g/mol. The number of fused-ring (bicyclic) bond motifs is 1. The highest BCUT2D eigenvalue weighted by molar-refractivity contribution is 5.77. The van der Waals surface area contributed by atoms with E-state index in [4.69, 9.17) is 0 Å². The molecule has 0 bridgehead atoms. The molecule has 1 saturated heterocycles. The Morgan fingerprint density at radius 3 is 2.12 bits per heavy atom. The molecule has 2 aliphatic rings. The van der Waals surface area contributed by atoms with Crippen molar-refractivity contribution in [3.8, 4) is 0 Å². The van der Waals surface area contributed by atoms with Gasteiger partial charge in [-0.15, -0.1) is 0 Å². The summed E-state index contributed by atoms with van der Waals surface area (Å²) in [6.45, 7) is 8.38. The lowest BCUT2D eigenvalue weighted by molar-refractivity contribution is -0.132. The van der Waals surface area contributed by atoms with Gasteiger partial charge in [-0.25, -0.2) is 0 Å². The summed E-state index contributed by atoms with van der Waals surface area (Å²) < 4.78 is 0. The third-order valence-electron chi connectivity index (χ3n) is 3.66. The molecule has 1 heterocycles. The number of amides is 1. The van der Waals surface area contributed by atoms with Crippen molar-refractivity contribution in [3.63, 3.8) is 0 Å². The maximum atomic E-state index is 12.1. The Kier molecular flexibility index (Phi) is 3.09. The molecule has 0 aromatic rings. The number of carbonyl (C=O) groups is 1. The van der Waals surface area contributed by atoms with E-state index in [1.165, 1.54) is 12.8 Å². The maximum absolute atomic E-state index is 12.1. The average Bonchev–Trinajstić information content (AvgIpc) is 2.58. The van der Waals surface area contributed by atoms with Crippen molar-refractivity contribution in [2.24, 2.45) is 17.3 Å². The normalized spacial score (nSPS) is 29.3. The van der Waals surface area contributed by atoms with Gasteiger partial charge in [0.25, 0.3) is 0 Å². The second kappa shape index (κ2) is 4.23. The largest absolute Gasteiger partial charge is 0.342 e. The average molecular weight is 221 g/mol. The Labute approximate surface area is 98.7 Å². The zero-order valence-electron chi connectivity index (χ0n) is 10.7. The lowest BCUT2D eigenvalue weighted by Gasteiger charge is -2.23. The first-order valence-corrected chi connectivity index (χ1v) is 6.38. The van der Waals surface area contributed by atoms with Gasteiger partial charge in [-0.2, -0.15) is 0 Å². The van der Waals surface area contributed by atoms with Crippen LogP contribution in [0.4, 0.5) is 0 Å². The molecule has 2 nitrogen and oxygen atoms in total. The molecule has 0 radical (unpaired) electrons. The van der Waals surface area contributed by atoms with E-state index < -0.39 is 0 Å². The van der Waals surface area contributed by atoms with Gasteiger partial charge in [0, 0.05) is 19.5 Å². The van der Waals surface area contributed by atoms with E-state index in [0.29, 0.717) is 12.3 Å². The van der Waals surface area contributed by atoms with Gasteiger partial charge in [-0.3, -0.25) is 4.79 Å². The highest BCUT2D eigenvalue weighted by Gasteiger charge is 2.35. The summed E-state index contributed by atoms with van der Waals surface area (Å²) in [6, 6.07) is 0. The van der Waals surface area contributed by atoms with Gasteiger partial charge < -0.3 is 4.90 Å². The van der Waals surface area contributed by atoms with Crippen LogP contribution < -0.4 is 0 Å². The Bertz CT molecular complexity index is 284. The van der Waals surface area contributed by atoms with Gasteiger partial charge >= 0.3 is 0 Å². The van der Waals surface area contributed by atoms with Gasteiger partial charge in [0.2, 0.25) is 5.91 Å². The number of rotatable bonds is 1. The molecule has 16 heavy (non-hydrogen) atoms. The number of nitrogens with zero attached hydrogens (tertiary/aromatic N) is 1. The van der Waals surface area contributed by atoms with Crippen molar-refractivity contribution >= 4 is 5.91 Å². The minimum Gasteiger partial charge on any atom is -0.342 e. The van der Waals surface area contributed by atoms with Crippen molar-refractivity contribution in [1.29, 1.82) is 0 Å². The molecule has 0 N–H and O–H groups in total. The van der Waals surface area contributed by atoms with Crippen molar-refractivity contribution in [3.05, 3.63) is 12.2 Å². The van der Waals surface area contributed by atoms with Crippen LogP contribution in [0.3, 0.4) is 0 Å². The van der Waals surface area contributed by atoms with E-state index in [1.54, 1.807) is 0 Å². The summed E-state index contributed by atoms with van der Waals surface area (Å²) in [5.74, 6) is 1.81. The van der Waals surface area contributed by atoms with Crippen LogP contribution in [0.15, 0.2) is 12.2 Å². The first-order valence-electron chi connectivity index (χ1n) is 6.38. The first kappa shape index (κ1) is 11.7. The topological polar surface area (TPSA) is 20.3 Å². The molecule has 0 saturated carbocycles.